The maximum Gasteiger partial charge on any atom is 0.226 e. The SMILES string of the molecule is CS(=O)(=O)CCCCCCC(=O)NCCNc1nc(N)c2ncn([C@@H]3O[C@H](C[C@@H](N)CCCN)[C@@H](O)[C@H]3O)c2n1. The predicted octanol–water partition coefficient (Wildman–Crippen LogP) is -0.993. The molecule has 1 saturated heterocycles. The number of anilines is 2. The Bertz CT molecular complexity index is 1210. The standard InChI is InChI=1S/C24H43N9O6S/c1-40(37,38)12-5-3-2-4-8-17(34)28-10-11-29-24-31-21(27)18-22(32-24)33(14-30-18)23-20(36)19(35)16(39-23)13-15(26)7-6-9-25/h14-16,19-20,23,35-36H,2-13,25-26H2,1H3,(H,28,34)(H3,27,29,31,32)/t15-,16+,19+,20+,23+/m0/s1. The number of imidazole rings is 1. The molecular weight excluding hydrogens is 542 g/mol. The summed E-state index contributed by atoms with van der Waals surface area (Å²) in [6.07, 6.45) is 3.69. The summed E-state index contributed by atoms with van der Waals surface area (Å²) in [6.45, 7) is 1.19. The first-order chi connectivity index (χ1) is 19.0. The van der Waals surface area contributed by atoms with Crippen LogP contribution in [0.5, 0.6) is 0 Å². The predicted molar refractivity (Wildman–Crippen MR) is 151 cm³/mol. The van der Waals surface area contributed by atoms with Gasteiger partial charge >= 0.3 is 0 Å². The molecule has 0 unspecified atom stereocenters. The van der Waals surface area contributed by atoms with E-state index in [0.717, 1.165) is 19.3 Å². The van der Waals surface area contributed by atoms with E-state index in [1.807, 2.05) is 0 Å². The van der Waals surface area contributed by atoms with E-state index in [4.69, 9.17) is 21.9 Å². The molecule has 0 radical (unpaired) electrons. The number of aliphatic hydroxyl groups excluding tert-OH is 2. The second kappa shape index (κ2) is 14.8. The summed E-state index contributed by atoms with van der Waals surface area (Å²) < 4.78 is 29.8. The van der Waals surface area contributed by atoms with E-state index in [0.29, 0.717) is 62.9 Å². The Labute approximate surface area is 234 Å². The van der Waals surface area contributed by atoms with Crippen molar-refractivity contribution in [1.82, 2.24) is 24.8 Å². The van der Waals surface area contributed by atoms with Gasteiger partial charge in [0.05, 0.1) is 12.4 Å². The van der Waals surface area contributed by atoms with Crippen molar-refractivity contribution in [3.05, 3.63) is 6.33 Å². The first-order valence-corrected chi connectivity index (χ1v) is 15.7. The lowest BCUT2D eigenvalue weighted by molar-refractivity contribution is -0.121. The smallest absolute Gasteiger partial charge is 0.226 e. The minimum atomic E-state index is -2.94. The number of unbranched alkanes of at least 4 members (excludes halogenated alkanes) is 3. The Kier molecular flexibility index (Phi) is 11.8. The molecular formula is C24H43N9O6S. The van der Waals surface area contributed by atoms with Crippen molar-refractivity contribution in [2.24, 2.45) is 11.5 Å². The van der Waals surface area contributed by atoms with Crippen LogP contribution in [0.4, 0.5) is 11.8 Å². The first-order valence-electron chi connectivity index (χ1n) is 13.7. The van der Waals surface area contributed by atoms with Crippen molar-refractivity contribution in [3.63, 3.8) is 0 Å². The molecule has 1 fully saturated rings. The molecule has 1 aliphatic rings. The number of sulfone groups is 1. The molecule has 40 heavy (non-hydrogen) atoms. The summed E-state index contributed by atoms with van der Waals surface area (Å²) in [5.41, 5.74) is 18.4. The van der Waals surface area contributed by atoms with E-state index in [9.17, 15) is 23.4 Å². The number of hydrogen-bond donors (Lipinski definition) is 7. The number of amides is 1. The van der Waals surface area contributed by atoms with Crippen LogP contribution in [0.25, 0.3) is 11.2 Å². The van der Waals surface area contributed by atoms with Crippen molar-refractivity contribution in [2.45, 2.75) is 81.9 Å². The number of carbonyl (C=O) groups is 1. The molecule has 0 aliphatic carbocycles. The number of nitrogens with one attached hydrogen (secondary N) is 2. The number of rotatable bonds is 17. The Morgan fingerprint density at radius 3 is 2.62 bits per heavy atom. The van der Waals surface area contributed by atoms with Crippen LogP contribution in [0.1, 0.15) is 57.6 Å². The van der Waals surface area contributed by atoms with Crippen molar-refractivity contribution < 1.29 is 28.2 Å². The fourth-order valence-corrected chi connectivity index (χ4v) is 5.35. The van der Waals surface area contributed by atoms with Crippen LogP contribution in [-0.4, -0.2) is 100 Å². The van der Waals surface area contributed by atoms with Crippen LogP contribution < -0.4 is 27.8 Å². The molecule has 16 heteroatoms. The highest BCUT2D eigenvalue weighted by Crippen LogP contribution is 2.34. The monoisotopic (exact) mass is 585 g/mol. The molecule has 2 aromatic heterocycles. The number of nitrogen functional groups attached to an aromatic ring is 1. The van der Waals surface area contributed by atoms with Gasteiger partial charge in [0.25, 0.3) is 0 Å². The maximum atomic E-state index is 12.1. The average molecular weight is 586 g/mol. The molecule has 5 atom stereocenters. The van der Waals surface area contributed by atoms with Gasteiger partial charge in [-0.2, -0.15) is 9.97 Å². The second-order valence-electron chi connectivity index (χ2n) is 10.3. The molecule has 3 rings (SSSR count). The summed E-state index contributed by atoms with van der Waals surface area (Å²) in [5.74, 6) is 0.410. The molecule has 0 aromatic carbocycles. The molecule has 15 nitrogen and oxygen atoms in total. The lowest BCUT2D eigenvalue weighted by Gasteiger charge is -2.19. The quantitative estimate of drug-likeness (QED) is 0.110. The van der Waals surface area contributed by atoms with Gasteiger partial charge in [-0.3, -0.25) is 9.36 Å². The van der Waals surface area contributed by atoms with E-state index in [2.05, 4.69) is 25.6 Å². The zero-order valence-electron chi connectivity index (χ0n) is 22.9. The number of fused-ring (bicyclic) bond motifs is 1. The Morgan fingerprint density at radius 1 is 1.15 bits per heavy atom. The molecule has 2 aromatic rings. The average Bonchev–Trinajstić information content (AvgIpc) is 3.43. The summed E-state index contributed by atoms with van der Waals surface area (Å²) in [5, 5.41) is 27.1. The first kappa shape index (κ1) is 31.9. The van der Waals surface area contributed by atoms with Crippen molar-refractivity contribution >= 4 is 38.7 Å². The van der Waals surface area contributed by atoms with Crippen LogP contribution in [0.2, 0.25) is 0 Å². The molecule has 1 amide bonds. The molecule has 1 aliphatic heterocycles. The minimum Gasteiger partial charge on any atom is -0.388 e. The van der Waals surface area contributed by atoms with E-state index >= 15 is 0 Å². The van der Waals surface area contributed by atoms with E-state index in [1.54, 1.807) is 0 Å². The number of hydrogen-bond acceptors (Lipinski definition) is 13. The topological polar surface area (TPSA) is 247 Å². The summed E-state index contributed by atoms with van der Waals surface area (Å²) >= 11 is 0. The Balaban J connectivity index is 1.50. The zero-order chi connectivity index (χ0) is 29.3. The van der Waals surface area contributed by atoms with Gasteiger partial charge in [0, 0.05) is 37.6 Å². The van der Waals surface area contributed by atoms with Crippen LogP contribution >= 0.6 is 0 Å². The van der Waals surface area contributed by atoms with Crippen molar-refractivity contribution in [3.8, 4) is 0 Å². The highest BCUT2D eigenvalue weighted by Gasteiger charge is 2.44. The molecule has 0 bridgehead atoms. The molecule has 226 valence electrons. The number of aromatic nitrogens is 4. The summed E-state index contributed by atoms with van der Waals surface area (Å²) in [4.78, 5) is 25.0. The highest BCUT2D eigenvalue weighted by molar-refractivity contribution is 7.90. The highest BCUT2D eigenvalue weighted by atomic mass is 32.2. The number of nitrogens with two attached hydrogens (primary N) is 3. The van der Waals surface area contributed by atoms with Gasteiger partial charge in [0.15, 0.2) is 17.7 Å². The van der Waals surface area contributed by atoms with Gasteiger partial charge in [-0.15, -0.1) is 0 Å². The molecule has 10 N–H and O–H groups in total. The van der Waals surface area contributed by atoms with Gasteiger partial charge in [-0.1, -0.05) is 12.8 Å². The van der Waals surface area contributed by atoms with Gasteiger partial charge < -0.3 is 42.8 Å². The maximum absolute atomic E-state index is 12.1. The Hall–Kier alpha value is -2.63. The molecule has 3 heterocycles. The number of ether oxygens (including phenoxy) is 1. The zero-order valence-corrected chi connectivity index (χ0v) is 23.7. The van der Waals surface area contributed by atoms with Crippen molar-refractivity contribution in [1.29, 1.82) is 0 Å². The number of nitrogens with zero attached hydrogens (tertiary/aromatic N) is 4. The Morgan fingerprint density at radius 2 is 1.90 bits per heavy atom. The van der Waals surface area contributed by atoms with Gasteiger partial charge in [0.1, 0.15) is 27.6 Å². The molecule has 0 saturated carbocycles. The fraction of sp³-hybridized carbons (Fsp3) is 0.750. The fourth-order valence-electron chi connectivity index (χ4n) is 4.62. The van der Waals surface area contributed by atoms with Crippen LogP contribution in [0.3, 0.4) is 0 Å². The minimum absolute atomic E-state index is 0.0953. The van der Waals surface area contributed by atoms with Crippen LogP contribution in [0.15, 0.2) is 6.33 Å². The van der Waals surface area contributed by atoms with Crippen LogP contribution in [-0.2, 0) is 19.4 Å². The van der Waals surface area contributed by atoms with E-state index in [1.165, 1.54) is 17.2 Å². The van der Waals surface area contributed by atoms with Gasteiger partial charge in [0.2, 0.25) is 11.9 Å². The number of carbonyl (C=O) groups excluding carboxylic acids is 1. The third-order valence-electron chi connectivity index (χ3n) is 6.77. The van der Waals surface area contributed by atoms with Gasteiger partial charge in [-0.25, -0.2) is 13.4 Å². The van der Waals surface area contributed by atoms with E-state index in [-0.39, 0.29) is 29.5 Å². The second-order valence-corrected chi connectivity index (χ2v) is 12.6. The van der Waals surface area contributed by atoms with Gasteiger partial charge in [-0.05, 0) is 38.6 Å². The third kappa shape index (κ3) is 9.21. The third-order valence-corrected chi connectivity index (χ3v) is 7.80. The number of aliphatic hydroxyl groups is 2. The largest absolute Gasteiger partial charge is 0.388 e. The van der Waals surface area contributed by atoms with Crippen molar-refractivity contribution in [2.75, 3.05) is 42.7 Å². The lowest BCUT2D eigenvalue weighted by Crippen LogP contribution is -2.35. The summed E-state index contributed by atoms with van der Waals surface area (Å²) in [6, 6.07) is -0.227. The van der Waals surface area contributed by atoms with Crippen LogP contribution in [0, 0.1) is 0 Å². The molecule has 0 spiro atoms. The summed E-state index contributed by atoms with van der Waals surface area (Å²) in [7, 11) is -2.94. The normalized spacial score (nSPS) is 22.0. The lowest BCUT2D eigenvalue weighted by atomic mass is 10.0. The van der Waals surface area contributed by atoms with E-state index < -0.39 is 34.4 Å².